The number of urea groups is 1. The summed E-state index contributed by atoms with van der Waals surface area (Å²) in [6.07, 6.45) is -0.811. The van der Waals surface area contributed by atoms with E-state index in [0.29, 0.717) is 5.56 Å². The number of anilines is 1. The van der Waals surface area contributed by atoms with Crippen LogP contribution in [0.3, 0.4) is 0 Å². The molecule has 0 aliphatic heterocycles. The molecule has 1 atom stereocenters. The van der Waals surface area contributed by atoms with Crippen molar-refractivity contribution >= 4 is 11.7 Å². The fourth-order valence-corrected chi connectivity index (χ4v) is 1.98. The predicted molar refractivity (Wildman–Crippen MR) is 84.3 cm³/mol. The maximum Gasteiger partial charge on any atom is 0.319 e. The highest BCUT2D eigenvalue weighted by molar-refractivity contribution is 5.89. The molecule has 2 amide bonds. The van der Waals surface area contributed by atoms with Gasteiger partial charge in [0.05, 0.1) is 11.8 Å². The fourth-order valence-electron chi connectivity index (χ4n) is 1.98. The van der Waals surface area contributed by atoms with E-state index in [-0.39, 0.29) is 12.2 Å². The van der Waals surface area contributed by atoms with Crippen molar-refractivity contribution < 1.29 is 14.3 Å². The Balaban J connectivity index is 1.88. The summed E-state index contributed by atoms with van der Waals surface area (Å²) in [7, 11) is 0. The van der Waals surface area contributed by atoms with Crippen molar-refractivity contribution in [2.24, 2.45) is 0 Å². The van der Waals surface area contributed by atoms with E-state index in [4.69, 9.17) is 0 Å². The molecule has 116 valence electrons. The van der Waals surface area contributed by atoms with Crippen LogP contribution in [0.1, 0.15) is 22.8 Å². The summed E-state index contributed by atoms with van der Waals surface area (Å²) in [6.45, 7) is 3.77. The molecule has 0 saturated carbocycles. The number of amides is 2. The molecule has 0 spiro atoms. The summed E-state index contributed by atoms with van der Waals surface area (Å²) < 4.78 is 13.6. The first kappa shape index (κ1) is 16.0. The lowest BCUT2D eigenvalue weighted by Gasteiger charge is -2.13. The average molecular weight is 302 g/mol. The number of aliphatic hydroxyl groups is 1. The number of halogens is 1. The number of hydrogen-bond acceptors (Lipinski definition) is 2. The van der Waals surface area contributed by atoms with E-state index in [9.17, 15) is 14.3 Å². The Morgan fingerprint density at radius 3 is 2.41 bits per heavy atom. The van der Waals surface area contributed by atoms with Crippen LogP contribution >= 0.6 is 0 Å². The van der Waals surface area contributed by atoms with Gasteiger partial charge in [0.25, 0.3) is 0 Å². The number of carbonyl (C=O) groups excluding carboxylic acids is 1. The quantitative estimate of drug-likeness (QED) is 0.811. The highest BCUT2D eigenvalue weighted by Gasteiger charge is 2.11. The monoisotopic (exact) mass is 302 g/mol. The van der Waals surface area contributed by atoms with E-state index in [2.05, 4.69) is 10.6 Å². The first-order valence-electron chi connectivity index (χ1n) is 7.01. The van der Waals surface area contributed by atoms with Gasteiger partial charge in [-0.05, 0) is 37.1 Å². The number of hydrogen-bond donors (Lipinski definition) is 3. The molecule has 4 nitrogen and oxygen atoms in total. The van der Waals surface area contributed by atoms with Crippen molar-refractivity contribution in [1.82, 2.24) is 5.32 Å². The normalized spacial score (nSPS) is 11.8. The van der Waals surface area contributed by atoms with Gasteiger partial charge < -0.3 is 15.7 Å². The van der Waals surface area contributed by atoms with Crippen molar-refractivity contribution in [3.8, 4) is 0 Å². The van der Waals surface area contributed by atoms with Crippen molar-refractivity contribution in [3.63, 3.8) is 0 Å². The molecule has 0 saturated heterocycles. The van der Waals surface area contributed by atoms with E-state index >= 15 is 0 Å². The lowest BCUT2D eigenvalue weighted by Crippen LogP contribution is -2.32. The Labute approximate surface area is 129 Å². The number of carbonyl (C=O) groups is 1. The molecule has 2 aromatic carbocycles. The first-order valence-corrected chi connectivity index (χ1v) is 7.01. The minimum Gasteiger partial charge on any atom is -0.387 e. The Hall–Kier alpha value is -2.40. The summed E-state index contributed by atoms with van der Waals surface area (Å²) in [5.74, 6) is -0.491. The molecule has 2 aromatic rings. The maximum atomic E-state index is 13.6. The first-order chi connectivity index (χ1) is 10.5. The molecule has 2 rings (SSSR count). The molecule has 22 heavy (non-hydrogen) atoms. The molecule has 0 aromatic heterocycles. The molecular formula is C17H19FN2O2. The number of benzene rings is 2. The molecule has 0 aliphatic rings. The van der Waals surface area contributed by atoms with Crippen LogP contribution in [-0.4, -0.2) is 17.7 Å². The lowest BCUT2D eigenvalue weighted by atomic mass is 10.1. The van der Waals surface area contributed by atoms with Gasteiger partial charge in [0, 0.05) is 6.54 Å². The molecule has 0 fully saturated rings. The van der Waals surface area contributed by atoms with E-state index in [0.717, 1.165) is 11.1 Å². The van der Waals surface area contributed by atoms with Gasteiger partial charge in [-0.25, -0.2) is 9.18 Å². The van der Waals surface area contributed by atoms with Crippen LogP contribution in [-0.2, 0) is 0 Å². The highest BCUT2D eigenvalue weighted by Crippen LogP contribution is 2.15. The van der Waals surface area contributed by atoms with Crippen molar-refractivity contribution in [3.05, 3.63) is 65.0 Å². The smallest absolute Gasteiger partial charge is 0.319 e. The van der Waals surface area contributed by atoms with E-state index < -0.39 is 18.0 Å². The summed E-state index contributed by atoms with van der Waals surface area (Å²) in [4.78, 5) is 11.7. The number of aliphatic hydroxyl groups excluding tert-OH is 1. The molecule has 0 radical (unpaired) electrons. The summed E-state index contributed by atoms with van der Waals surface area (Å²) in [5.41, 5.74) is 2.69. The third-order valence-corrected chi connectivity index (χ3v) is 3.29. The van der Waals surface area contributed by atoms with Gasteiger partial charge in [0.1, 0.15) is 5.82 Å². The maximum absolute atomic E-state index is 13.6. The second-order valence-corrected chi connectivity index (χ2v) is 5.24. The van der Waals surface area contributed by atoms with Gasteiger partial charge >= 0.3 is 6.03 Å². The van der Waals surface area contributed by atoms with Gasteiger partial charge in [-0.15, -0.1) is 0 Å². The Morgan fingerprint density at radius 1 is 1.14 bits per heavy atom. The third-order valence-electron chi connectivity index (χ3n) is 3.29. The standard InChI is InChI=1S/C17H19FN2O2/c1-11-3-6-13(7-4-11)16(21)10-19-17(22)20-15-8-5-12(2)9-14(15)18/h3-9,16,21H,10H2,1-2H3,(H2,19,20,22)/t16-/m1/s1. The van der Waals surface area contributed by atoms with Crippen LogP contribution in [0.2, 0.25) is 0 Å². The lowest BCUT2D eigenvalue weighted by molar-refractivity contribution is 0.175. The Kier molecular flexibility index (Phi) is 5.12. The summed E-state index contributed by atoms with van der Waals surface area (Å²) >= 11 is 0. The zero-order valence-electron chi connectivity index (χ0n) is 12.6. The minimum atomic E-state index is -0.811. The molecule has 5 heteroatoms. The fraction of sp³-hybridized carbons (Fsp3) is 0.235. The zero-order chi connectivity index (χ0) is 16.1. The van der Waals surface area contributed by atoms with Crippen molar-refractivity contribution in [2.75, 3.05) is 11.9 Å². The van der Waals surface area contributed by atoms with Gasteiger partial charge in [0.2, 0.25) is 0 Å². The van der Waals surface area contributed by atoms with E-state index in [1.165, 1.54) is 12.1 Å². The SMILES string of the molecule is Cc1ccc([C@H](O)CNC(=O)Nc2ccc(C)cc2F)cc1. The van der Waals surface area contributed by atoms with Crippen molar-refractivity contribution in [2.45, 2.75) is 20.0 Å². The molecule has 0 unspecified atom stereocenters. The van der Waals surface area contributed by atoms with Crippen molar-refractivity contribution in [1.29, 1.82) is 0 Å². The van der Waals surface area contributed by atoms with Crippen LogP contribution in [0.4, 0.5) is 14.9 Å². The topological polar surface area (TPSA) is 61.4 Å². The van der Waals surface area contributed by atoms with E-state index in [1.54, 1.807) is 25.1 Å². The third kappa shape index (κ3) is 4.30. The zero-order valence-corrected chi connectivity index (χ0v) is 12.6. The second-order valence-electron chi connectivity index (χ2n) is 5.24. The molecule has 3 N–H and O–H groups in total. The average Bonchev–Trinajstić information content (AvgIpc) is 2.48. The summed E-state index contributed by atoms with van der Waals surface area (Å²) in [6, 6.07) is 11.4. The predicted octanol–water partition coefficient (Wildman–Crippen LogP) is 3.30. The molecule has 0 bridgehead atoms. The molecule has 0 aliphatic carbocycles. The largest absolute Gasteiger partial charge is 0.387 e. The number of aryl methyl sites for hydroxylation is 2. The van der Waals surface area contributed by atoms with Gasteiger partial charge in [0.15, 0.2) is 0 Å². The highest BCUT2D eigenvalue weighted by atomic mass is 19.1. The number of rotatable bonds is 4. The van der Waals surface area contributed by atoms with Crippen LogP contribution in [0.25, 0.3) is 0 Å². The van der Waals surface area contributed by atoms with Gasteiger partial charge in [-0.3, -0.25) is 0 Å². The van der Waals surface area contributed by atoms with Gasteiger partial charge in [-0.1, -0.05) is 35.9 Å². The molecular weight excluding hydrogens is 283 g/mol. The van der Waals surface area contributed by atoms with Crippen LogP contribution in [0.5, 0.6) is 0 Å². The minimum absolute atomic E-state index is 0.0440. The van der Waals surface area contributed by atoms with Gasteiger partial charge in [-0.2, -0.15) is 0 Å². The summed E-state index contributed by atoms with van der Waals surface area (Å²) in [5, 5.41) is 14.9. The Bertz CT molecular complexity index is 656. The Morgan fingerprint density at radius 2 is 1.77 bits per heavy atom. The molecule has 0 heterocycles. The van der Waals surface area contributed by atoms with Crippen LogP contribution < -0.4 is 10.6 Å². The number of nitrogens with one attached hydrogen (secondary N) is 2. The van der Waals surface area contributed by atoms with Crippen LogP contribution in [0.15, 0.2) is 42.5 Å². The second kappa shape index (κ2) is 7.04. The van der Waals surface area contributed by atoms with E-state index in [1.807, 2.05) is 19.1 Å². The van der Waals surface area contributed by atoms with Crippen LogP contribution in [0, 0.1) is 19.7 Å².